The SMILES string of the molecule is Cc1nc2sc(-c3ccc(F)c(F)c3)nn2c1CO. The maximum atomic E-state index is 13.2. The first-order valence-electron chi connectivity index (χ1n) is 5.51. The molecule has 0 saturated heterocycles. The topological polar surface area (TPSA) is 50.4 Å². The monoisotopic (exact) mass is 281 g/mol. The molecule has 0 unspecified atom stereocenters. The highest BCUT2D eigenvalue weighted by Crippen LogP contribution is 2.28. The van der Waals surface area contributed by atoms with Gasteiger partial charge in [0.15, 0.2) is 11.6 Å². The number of hydrogen-bond acceptors (Lipinski definition) is 4. The predicted octanol–water partition coefficient (Wildman–Crippen LogP) is 2.54. The fraction of sp³-hybridized carbons (Fsp3) is 0.167. The van der Waals surface area contributed by atoms with E-state index in [2.05, 4.69) is 10.1 Å². The molecule has 0 spiro atoms. The van der Waals surface area contributed by atoms with Crippen LogP contribution in [-0.2, 0) is 6.61 Å². The van der Waals surface area contributed by atoms with Gasteiger partial charge in [0.25, 0.3) is 0 Å². The van der Waals surface area contributed by atoms with E-state index >= 15 is 0 Å². The Kier molecular flexibility index (Phi) is 2.79. The first-order valence-corrected chi connectivity index (χ1v) is 6.33. The van der Waals surface area contributed by atoms with Crippen molar-refractivity contribution >= 4 is 16.3 Å². The molecule has 0 atom stereocenters. The van der Waals surface area contributed by atoms with E-state index in [9.17, 15) is 13.9 Å². The molecule has 0 fully saturated rings. The van der Waals surface area contributed by atoms with Crippen LogP contribution >= 0.6 is 11.3 Å². The average Bonchev–Trinajstić information content (AvgIpc) is 2.89. The third kappa shape index (κ3) is 1.91. The van der Waals surface area contributed by atoms with Crippen LogP contribution in [0.5, 0.6) is 0 Å². The van der Waals surface area contributed by atoms with E-state index < -0.39 is 11.6 Å². The second-order valence-electron chi connectivity index (χ2n) is 4.03. The normalized spacial score (nSPS) is 11.4. The highest BCUT2D eigenvalue weighted by atomic mass is 32.1. The van der Waals surface area contributed by atoms with Crippen LogP contribution in [0.4, 0.5) is 8.78 Å². The molecule has 7 heteroatoms. The number of aromatic nitrogens is 3. The van der Waals surface area contributed by atoms with Gasteiger partial charge in [-0.25, -0.2) is 18.3 Å². The Balaban J connectivity index is 2.15. The van der Waals surface area contributed by atoms with Gasteiger partial charge in [-0.2, -0.15) is 5.10 Å². The molecule has 3 rings (SSSR count). The van der Waals surface area contributed by atoms with Gasteiger partial charge in [-0.1, -0.05) is 11.3 Å². The number of aliphatic hydroxyl groups is 1. The van der Waals surface area contributed by atoms with Crippen molar-refractivity contribution in [1.82, 2.24) is 14.6 Å². The first-order chi connectivity index (χ1) is 9.10. The zero-order chi connectivity index (χ0) is 13.6. The predicted molar refractivity (Wildman–Crippen MR) is 66.9 cm³/mol. The Hall–Kier alpha value is -1.86. The number of nitrogens with zero attached hydrogens (tertiary/aromatic N) is 3. The molecule has 0 saturated carbocycles. The van der Waals surface area contributed by atoms with Gasteiger partial charge >= 0.3 is 0 Å². The number of fused-ring (bicyclic) bond motifs is 1. The quantitative estimate of drug-likeness (QED) is 0.785. The summed E-state index contributed by atoms with van der Waals surface area (Å²) in [5.41, 5.74) is 1.79. The molecule has 0 amide bonds. The second kappa shape index (κ2) is 4.36. The Labute approximate surface area is 111 Å². The van der Waals surface area contributed by atoms with Crippen molar-refractivity contribution in [2.24, 2.45) is 0 Å². The lowest BCUT2D eigenvalue weighted by atomic mass is 10.2. The van der Waals surface area contributed by atoms with Crippen LogP contribution in [-0.4, -0.2) is 19.7 Å². The molecule has 0 aliphatic rings. The number of hydrogen-bond donors (Lipinski definition) is 1. The van der Waals surface area contributed by atoms with Crippen LogP contribution in [0, 0.1) is 18.6 Å². The van der Waals surface area contributed by atoms with Gasteiger partial charge in [0, 0.05) is 5.56 Å². The smallest absolute Gasteiger partial charge is 0.213 e. The van der Waals surface area contributed by atoms with Crippen LogP contribution in [0.1, 0.15) is 11.4 Å². The van der Waals surface area contributed by atoms with Gasteiger partial charge in [0.1, 0.15) is 5.01 Å². The zero-order valence-corrected chi connectivity index (χ0v) is 10.7. The number of imidazole rings is 1. The molecule has 19 heavy (non-hydrogen) atoms. The first kappa shape index (κ1) is 12.2. The fourth-order valence-electron chi connectivity index (χ4n) is 1.82. The van der Waals surface area contributed by atoms with Crippen molar-refractivity contribution in [2.75, 3.05) is 0 Å². The third-order valence-electron chi connectivity index (χ3n) is 2.81. The summed E-state index contributed by atoms with van der Waals surface area (Å²) >= 11 is 1.26. The van der Waals surface area contributed by atoms with Gasteiger partial charge in [0.05, 0.1) is 18.0 Å². The van der Waals surface area contributed by atoms with E-state index in [0.717, 1.165) is 12.1 Å². The van der Waals surface area contributed by atoms with Gasteiger partial charge in [-0.3, -0.25) is 0 Å². The summed E-state index contributed by atoms with van der Waals surface area (Å²) in [7, 11) is 0. The van der Waals surface area contributed by atoms with E-state index in [4.69, 9.17) is 0 Å². The Bertz CT molecular complexity index is 766. The summed E-state index contributed by atoms with van der Waals surface area (Å²) in [6, 6.07) is 3.62. The standard InChI is InChI=1S/C12H9F2N3OS/c1-6-10(5-18)17-12(15-6)19-11(16-17)7-2-3-8(13)9(14)4-7/h2-4,18H,5H2,1H3. The molecule has 1 aromatic carbocycles. The average molecular weight is 281 g/mol. The van der Waals surface area contributed by atoms with Crippen molar-refractivity contribution in [3.63, 3.8) is 0 Å². The minimum absolute atomic E-state index is 0.173. The Morgan fingerprint density at radius 1 is 1.32 bits per heavy atom. The third-order valence-corrected chi connectivity index (χ3v) is 3.77. The summed E-state index contributed by atoms with van der Waals surface area (Å²) in [6.07, 6.45) is 0. The molecule has 0 radical (unpaired) electrons. The molecule has 1 N–H and O–H groups in total. The van der Waals surface area contributed by atoms with Gasteiger partial charge < -0.3 is 5.11 Å². The van der Waals surface area contributed by atoms with Crippen molar-refractivity contribution in [3.05, 3.63) is 41.2 Å². The highest BCUT2D eigenvalue weighted by Gasteiger charge is 2.15. The number of halogens is 2. The lowest BCUT2D eigenvalue weighted by molar-refractivity contribution is 0.273. The Morgan fingerprint density at radius 3 is 2.79 bits per heavy atom. The summed E-state index contributed by atoms with van der Waals surface area (Å²) in [6.45, 7) is 1.61. The summed E-state index contributed by atoms with van der Waals surface area (Å²) in [4.78, 5) is 4.87. The molecule has 2 heterocycles. The van der Waals surface area contributed by atoms with Crippen LogP contribution < -0.4 is 0 Å². The van der Waals surface area contributed by atoms with E-state index in [1.807, 2.05) is 0 Å². The number of rotatable bonds is 2. The van der Waals surface area contributed by atoms with Crippen LogP contribution in [0.3, 0.4) is 0 Å². The molecule has 98 valence electrons. The van der Waals surface area contributed by atoms with Crippen LogP contribution in [0.2, 0.25) is 0 Å². The van der Waals surface area contributed by atoms with Crippen molar-refractivity contribution in [3.8, 4) is 10.6 Å². The largest absolute Gasteiger partial charge is 0.390 e. The summed E-state index contributed by atoms with van der Waals surface area (Å²) < 4.78 is 27.6. The van der Waals surface area contributed by atoms with E-state index in [-0.39, 0.29) is 6.61 Å². The van der Waals surface area contributed by atoms with Crippen LogP contribution in [0.15, 0.2) is 18.2 Å². The fourth-order valence-corrected chi connectivity index (χ4v) is 2.78. The number of aryl methyl sites for hydroxylation is 1. The highest BCUT2D eigenvalue weighted by molar-refractivity contribution is 7.19. The lowest BCUT2D eigenvalue weighted by Gasteiger charge is -1.97. The molecule has 0 bridgehead atoms. The minimum Gasteiger partial charge on any atom is -0.390 e. The van der Waals surface area contributed by atoms with Crippen LogP contribution in [0.25, 0.3) is 15.5 Å². The molecular weight excluding hydrogens is 272 g/mol. The molecule has 4 nitrogen and oxygen atoms in total. The van der Waals surface area contributed by atoms with E-state index in [1.165, 1.54) is 21.9 Å². The second-order valence-corrected chi connectivity index (χ2v) is 4.99. The van der Waals surface area contributed by atoms with Crippen molar-refractivity contribution in [1.29, 1.82) is 0 Å². The lowest BCUT2D eigenvalue weighted by Crippen LogP contribution is -1.95. The minimum atomic E-state index is -0.913. The summed E-state index contributed by atoms with van der Waals surface area (Å²) in [5, 5.41) is 14.1. The van der Waals surface area contributed by atoms with E-state index in [0.29, 0.717) is 26.9 Å². The molecule has 3 aromatic rings. The van der Waals surface area contributed by atoms with E-state index in [1.54, 1.807) is 6.92 Å². The van der Waals surface area contributed by atoms with Gasteiger partial charge in [-0.05, 0) is 25.1 Å². The number of aliphatic hydroxyl groups excluding tert-OH is 1. The van der Waals surface area contributed by atoms with Gasteiger partial charge in [-0.15, -0.1) is 0 Å². The maximum absolute atomic E-state index is 13.2. The Morgan fingerprint density at radius 2 is 2.11 bits per heavy atom. The maximum Gasteiger partial charge on any atom is 0.213 e. The molecule has 0 aliphatic heterocycles. The number of benzene rings is 1. The molecular formula is C12H9F2N3OS. The molecule has 2 aromatic heterocycles. The van der Waals surface area contributed by atoms with Crippen molar-refractivity contribution in [2.45, 2.75) is 13.5 Å². The zero-order valence-electron chi connectivity index (χ0n) is 9.89. The summed E-state index contributed by atoms with van der Waals surface area (Å²) in [5.74, 6) is -1.80. The van der Waals surface area contributed by atoms with Crippen molar-refractivity contribution < 1.29 is 13.9 Å². The molecule has 0 aliphatic carbocycles. The van der Waals surface area contributed by atoms with Gasteiger partial charge in [0.2, 0.25) is 4.96 Å².